The first kappa shape index (κ1) is 7.70. The van der Waals surface area contributed by atoms with Crippen LogP contribution in [-0.4, -0.2) is 14.6 Å². The molecule has 0 aliphatic heterocycles. The van der Waals surface area contributed by atoms with Gasteiger partial charge < -0.3 is 5.73 Å². The summed E-state index contributed by atoms with van der Waals surface area (Å²) in [5.74, 6) is 0.660. The summed E-state index contributed by atoms with van der Waals surface area (Å²) in [7, 11) is 0. The summed E-state index contributed by atoms with van der Waals surface area (Å²) in [5.41, 5.74) is 6.21. The van der Waals surface area contributed by atoms with Gasteiger partial charge in [0.05, 0.1) is 6.54 Å². The number of hydrogen-bond donors (Lipinski definition) is 1. The van der Waals surface area contributed by atoms with Crippen molar-refractivity contribution in [2.75, 3.05) is 0 Å². The lowest BCUT2D eigenvalue weighted by atomic mass is 10.5. The van der Waals surface area contributed by atoms with Gasteiger partial charge in [-0.05, 0) is 12.1 Å². The van der Waals surface area contributed by atoms with Crippen molar-refractivity contribution < 1.29 is 0 Å². The molecule has 12 heavy (non-hydrogen) atoms. The average Bonchev–Trinajstić information content (AvgIpc) is 2.46. The van der Waals surface area contributed by atoms with Gasteiger partial charge in [-0.15, -0.1) is 5.10 Å². The van der Waals surface area contributed by atoms with Gasteiger partial charge in [-0.1, -0.05) is 15.9 Å². The summed E-state index contributed by atoms with van der Waals surface area (Å²) < 4.78 is 2.69. The van der Waals surface area contributed by atoms with E-state index in [-0.39, 0.29) is 0 Å². The highest BCUT2D eigenvalue weighted by molar-refractivity contribution is 9.10. The quantitative estimate of drug-likeness (QED) is 0.788. The zero-order valence-corrected chi connectivity index (χ0v) is 7.82. The molecule has 0 saturated heterocycles. The lowest BCUT2D eigenvalue weighted by Crippen LogP contribution is -1.98. The van der Waals surface area contributed by atoms with Crippen LogP contribution in [-0.2, 0) is 6.54 Å². The Hall–Kier alpha value is -0.940. The molecular weight excluding hydrogens is 220 g/mol. The molecule has 0 saturated carbocycles. The van der Waals surface area contributed by atoms with Gasteiger partial charge in [0.1, 0.15) is 0 Å². The van der Waals surface area contributed by atoms with Gasteiger partial charge in [-0.2, -0.15) is 0 Å². The molecule has 0 bridgehead atoms. The number of rotatable bonds is 1. The van der Waals surface area contributed by atoms with Crippen molar-refractivity contribution in [3.63, 3.8) is 0 Å². The minimum Gasteiger partial charge on any atom is -0.324 e. The molecular formula is C7H7BrN4. The maximum absolute atomic E-state index is 5.40. The zero-order valence-electron chi connectivity index (χ0n) is 6.24. The summed E-state index contributed by atoms with van der Waals surface area (Å²) >= 11 is 3.35. The molecule has 2 rings (SSSR count). The van der Waals surface area contributed by atoms with Gasteiger partial charge in [0.25, 0.3) is 0 Å². The standard InChI is InChI=1S/C7H7BrN4/c8-5-1-2-12-7(3-5)10-6(4-9)11-12/h1-3H,4,9H2. The predicted octanol–water partition coefficient (Wildman–Crippen LogP) is 0.951. The fraction of sp³-hybridized carbons (Fsp3) is 0.143. The normalized spacial score (nSPS) is 10.8. The fourth-order valence-corrected chi connectivity index (χ4v) is 1.31. The number of halogens is 1. The number of nitrogens with two attached hydrogens (primary N) is 1. The van der Waals surface area contributed by atoms with Crippen molar-refractivity contribution in [2.45, 2.75) is 6.54 Å². The molecule has 2 heterocycles. The number of nitrogens with zero attached hydrogens (tertiary/aromatic N) is 3. The highest BCUT2D eigenvalue weighted by Gasteiger charge is 2.00. The molecule has 2 aromatic rings. The van der Waals surface area contributed by atoms with Crippen molar-refractivity contribution in [1.82, 2.24) is 14.6 Å². The minimum absolute atomic E-state index is 0.374. The second-order valence-corrected chi connectivity index (χ2v) is 3.30. The van der Waals surface area contributed by atoms with E-state index in [2.05, 4.69) is 26.0 Å². The Balaban J connectivity index is 2.67. The van der Waals surface area contributed by atoms with Crippen LogP contribution in [0.15, 0.2) is 22.8 Å². The van der Waals surface area contributed by atoms with Gasteiger partial charge in [0.15, 0.2) is 11.5 Å². The monoisotopic (exact) mass is 226 g/mol. The summed E-state index contributed by atoms with van der Waals surface area (Å²) in [6.45, 7) is 0.374. The van der Waals surface area contributed by atoms with Crippen molar-refractivity contribution in [2.24, 2.45) is 5.73 Å². The van der Waals surface area contributed by atoms with Crippen LogP contribution in [0.4, 0.5) is 0 Å². The highest BCUT2D eigenvalue weighted by atomic mass is 79.9. The third-order valence-corrected chi connectivity index (χ3v) is 2.02. The van der Waals surface area contributed by atoms with Gasteiger partial charge in [0, 0.05) is 10.7 Å². The molecule has 0 fully saturated rings. The Labute approximate surface area is 77.5 Å². The first-order chi connectivity index (χ1) is 5.79. The summed E-state index contributed by atoms with van der Waals surface area (Å²) in [4.78, 5) is 4.19. The Morgan fingerprint density at radius 2 is 2.42 bits per heavy atom. The zero-order chi connectivity index (χ0) is 8.55. The van der Waals surface area contributed by atoms with E-state index < -0.39 is 0 Å². The van der Waals surface area contributed by atoms with Crippen LogP contribution in [0.25, 0.3) is 5.65 Å². The SMILES string of the molecule is NCc1nc2cc(Br)ccn2n1. The van der Waals surface area contributed by atoms with Crippen molar-refractivity contribution in [3.05, 3.63) is 28.6 Å². The molecule has 62 valence electrons. The highest BCUT2D eigenvalue weighted by Crippen LogP contribution is 2.11. The fourth-order valence-electron chi connectivity index (χ4n) is 0.989. The first-order valence-corrected chi connectivity index (χ1v) is 4.30. The van der Waals surface area contributed by atoms with E-state index in [9.17, 15) is 0 Å². The van der Waals surface area contributed by atoms with Gasteiger partial charge in [-0.3, -0.25) is 0 Å². The van der Waals surface area contributed by atoms with Gasteiger partial charge >= 0.3 is 0 Å². The molecule has 2 N–H and O–H groups in total. The molecule has 0 aliphatic rings. The first-order valence-electron chi connectivity index (χ1n) is 3.50. The molecule has 2 aromatic heterocycles. The second kappa shape index (κ2) is 2.84. The maximum Gasteiger partial charge on any atom is 0.165 e. The topological polar surface area (TPSA) is 56.2 Å². The van der Waals surface area contributed by atoms with E-state index in [4.69, 9.17) is 5.73 Å². The van der Waals surface area contributed by atoms with Crippen LogP contribution in [0.5, 0.6) is 0 Å². The van der Waals surface area contributed by atoms with Crippen LogP contribution in [0, 0.1) is 0 Å². The van der Waals surface area contributed by atoms with Crippen LogP contribution in [0.2, 0.25) is 0 Å². The largest absolute Gasteiger partial charge is 0.324 e. The number of pyridine rings is 1. The Kier molecular flexibility index (Phi) is 1.82. The lowest BCUT2D eigenvalue weighted by Gasteiger charge is -1.89. The van der Waals surface area contributed by atoms with E-state index in [1.165, 1.54) is 0 Å². The average molecular weight is 227 g/mol. The smallest absolute Gasteiger partial charge is 0.165 e. The minimum atomic E-state index is 0.374. The van der Waals surface area contributed by atoms with Crippen LogP contribution < -0.4 is 5.73 Å². The number of fused-ring (bicyclic) bond motifs is 1. The summed E-state index contributed by atoms with van der Waals surface area (Å²) in [6.07, 6.45) is 1.84. The lowest BCUT2D eigenvalue weighted by molar-refractivity contribution is 0.869. The van der Waals surface area contributed by atoms with E-state index >= 15 is 0 Å². The molecule has 0 amide bonds. The second-order valence-electron chi connectivity index (χ2n) is 2.38. The van der Waals surface area contributed by atoms with Crippen LogP contribution >= 0.6 is 15.9 Å². The number of aromatic nitrogens is 3. The molecule has 0 aliphatic carbocycles. The third-order valence-electron chi connectivity index (χ3n) is 1.53. The van der Waals surface area contributed by atoms with Crippen molar-refractivity contribution >= 4 is 21.6 Å². The Morgan fingerprint density at radius 1 is 1.58 bits per heavy atom. The molecule has 5 heteroatoms. The number of hydrogen-bond acceptors (Lipinski definition) is 3. The van der Waals surface area contributed by atoms with Crippen molar-refractivity contribution in [3.8, 4) is 0 Å². The maximum atomic E-state index is 5.40. The molecule has 0 aromatic carbocycles. The van der Waals surface area contributed by atoms with E-state index in [0.717, 1.165) is 10.1 Å². The van der Waals surface area contributed by atoms with E-state index in [0.29, 0.717) is 12.4 Å². The van der Waals surface area contributed by atoms with Gasteiger partial charge in [0.2, 0.25) is 0 Å². The Bertz CT molecular complexity index is 409. The van der Waals surface area contributed by atoms with Crippen LogP contribution in [0.3, 0.4) is 0 Å². The molecule has 0 unspecified atom stereocenters. The summed E-state index contributed by atoms with van der Waals surface area (Å²) in [5, 5.41) is 4.13. The summed E-state index contributed by atoms with van der Waals surface area (Å²) in [6, 6.07) is 3.80. The van der Waals surface area contributed by atoms with Gasteiger partial charge in [-0.25, -0.2) is 9.50 Å². The van der Waals surface area contributed by atoms with Crippen LogP contribution in [0.1, 0.15) is 5.82 Å². The molecule has 0 spiro atoms. The van der Waals surface area contributed by atoms with E-state index in [1.54, 1.807) is 4.52 Å². The molecule has 0 atom stereocenters. The molecule has 4 nitrogen and oxygen atoms in total. The van der Waals surface area contributed by atoms with E-state index in [1.807, 2.05) is 18.3 Å². The predicted molar refractivity (Wildman–Crippen MR) is 48.6 cm³/mol. The third kappa shape index (κ3) is 1.21. The Morgan fingerprint density at radius 3 is 3.17 bits per heavy atom. The van der Waals surface area contributed by atoms with Crippen molar-refractivity contribution in [1.29, 1.82) is 0 Å². The molecule has 0 radical (unpaired) electrons.